The normalized spacial score (nSPS) is 10.8. The van der Waals surface area contributed by atoms with Crippen molar-refractivity contribution in [2.75, 3.05) is 5.32 Å². The van der Waals surface area contributed by atoms with Gasteiger partial charge in [0, 0.05) is 17.5 Å². The molecule has 0 aliphatic rings. The highest BCUT2D eigenvalue weighted by Gasteiger charge is 2.12. The Morgan fingerprint density at radius 2 is 1.95 bits per heavy atom. The standard InChI is InChI=1S/C17H17N3O/c1-11-6-4-7-14(10-11)17(21)19-15-8-5-9-20-13(3)12(2)18-16(15)20/h4-10H,1-3H3,(H,19,21). The van der Waals surface area contributed by atoms with Gasteiger partial charge < -0.3 is 9.72 Å². The van der Waals surface area contributed by atoms with Crippen LogP contribution in [0.15, 0.2) is 42.6 Å². The molecule has 0 spiro atoms. The SMILES string of the molecule is Cc1cccc(C(=O)Nc2cccn3c(C)c(C)nc23)c1. The maximum absolute atomic E-state index is 12.4. The second-order valence-electron chi connectivity index (χ2n) is 5.22. The van der Waals surface area contributed by atoms with E-state index in [4.69, 9.17) is 0 Å². The van der Waals surface area contributed by atoms with Crippen molar-refractivity contribution in [2.45, 2.75) is 20.8 Å². The van der Waals surface area contributed by atoms with E-state index in [0.717, 1.165) is 28.3 Å². The van der Waals surface area contributed by atoms with Gasteiger partial charge >= 0.3 is 0 Å². The van der Waals surface area contributed by atoms with Gasteiger partial charge in [-0.2, -0.15) is 0 Å². The van der Waals surface area contributed by atoms with E-state index in [1.807, 2.05) is 67.8 Å². The molecule has 0 saturated heterocycles. The number of anilines is 1. The van der Waals surface area contributed by atoms with Crippen molar-refractivity contribution in [1.29, 1.82) is 0 Å². The summed E-state index contributed by atoms with van der Waals surface area (Å²) < 4.78 is 1.99. The number of carbonyl (C=O) groups is 1. The number of carbonyl (C=O) groups excluding carboxylic acids is 1. The number of nitrogens with one attached hydrogen (secondary N) is 1. The van der Waals surface area contributed by atoms with E-state index in [-0.39, 0.29) is 5.91 Å². The minimum absolute atomic E-state index is 0.120. The number of pyridine rings is 1. The summed E-state index contributed by atoms with van der Waals surface area (Å²) in [6.07, 6.45) is 1.95. The third-order valence-electron chi connectivity index (χ3n) is 3.65. The smallest absolute Gasteiger partial charge is 0.255 e. The van der Waals surface area contributed by atoms with Gasteiger partial charge in [-0.05, 0) is 45.0 Å². The molecule has 4 heteroatoms. The van der Waals surface area contributed by atoms with E-state index in [1.54, 1.807) is 0 Å². The molecule has 1 aromatic carbocycles. The Kier molecular flexibility index (Phi) is 3.22. The molecule has 1 amide bonds. The summed E-state index contributed by atoms with van der Waals surface area (Å²) in [6.45, 7) is 5.95. The van der Waals surface area contributed by atoms with Gasteiger partial charge in [0.25, 0.3) is 5.91 Å². The number of hydrogen-bond acceptors (Lipinski definition) is 2. The summed E-state index contributed by atoms with van der Waals surface area (Å²) in [6, 6.07) is 11.3. The second kappa shape index (κ2) is 5.05. The molecule has 2 heterocycles. The topological polar surface area (TPSA) is 46.4 Å². The van der Waals surface area contributed by atoms with Gasteiger partial charge in [-0.1, -0.05) is 17.7 Å². The maximum Gasteiger partial charge on any atom is 0.255 e. The molecule has 3 aromatic rings. The van der Waals surface area contributed by atoms with Crippen LogP contribution in [0.5, 0.6) is 0 Å². The van der Waals surface area contributed by atoms with E-state index in [9.17, 15) is 4.79 Å². The maximum atomic E-state index is 12.4. The minimum Gasteiger partial charge on any atom is -0.319 e. The third-order valence-corrected chi connectivity index (χ3v) is 3.65. The van der Waals surface area contributed by atoms with Gasteiger partial charge in [0.2, 0.25) is 0 Å². The Bertz CT molecular complexity index is 833. The minimum atomic E-state index is -0.120. The van der Waals surface area contributed by atoms with Crippen LogP contribution in [0.1, 0.15) is 27.3 Å². The van der Waals surface area contributed by atoms with Crippen molar-refractivity contribution in [2.24, 2.45) is 0 Å². The molecule has 106 valence electrons. The Morgan fingerprint density at radius 3 is 2.71 bits per heavy atom. The van der Waals surface area contributed by atoms with Crippen molar-refractivity contribution in [1.82, 2.24) is 9.38 Å². The molecule has 0 unspecified atom stereocenters. The number of fused-ring (bicyclic) bond motifs is 1. The predicted octanol–water partition coefficient (Wildman–Crippen LogP) is 3.51. The lowest BCUT2D eigenvalue weighted by Crippen LogP contribution is -2.12. The zero-order valence-corrected chi connectivity index (χ0v) is 12.3. The predicted molar refractivity (Wildman–Crippen MR) is 83.8 cm³/mol. The van der Waals surface area contributed by atoms with Crippen molar-refractivity contribution in [3.8, 4) is 0 Å². The highest BCUT2D eigenvalue weighted by molar-refractivity contribution is 6.06. The number of aromatic nitrogens is 2. The van der Waals surface area contributed by atoms with E-state index < -0.39 is 0 Å². The number of aryl methyl sites for hydroxylation is 3. The Morgan fingerprint density at radius 1 is 1.14 bits per heavy atom. The Hall–Kier alpha value is -2.62. The number of amides is 1. The van der Waals surface area contributed by atoms with Crippen molar-refractivity contribution < 1.29 is 4.79 Å². The quantitative estimate of drug-likeness (QED) is 0.780. The average molecular weight is 279 g/mol. The number of rotatable bonds is 2. The van der Waals surface area contributed by atoms with Gasteiger partial charge in [0.1, 0.15) is 0 Å². The van der Waals surface area contributed by atoms with Crippen LogP contribution in [-0.2, 0) is 0 Å². The molecule has 4 nitrogen and oxygen atoms in total. The van der Waals surface area contributed by atoms with Gasteiger partial charge in [-0.15, -0.1) is 0 Å². The summed E-state index contributed by atoms with van der Waals surface area (Å²) in [5, 5.41) is 2.95. The summed E-state index contributed by atoms with van der Waals surface area (Å²) in [5.41, 5.74) is 5.25. The van der Waals surface area contributed by atoms with Crippen molar-refractivity contribution in [3.63, 3.8) is 0 Å². The Balaban J connectivity index is 1.98. The van der Waals surface area contributed by atoms with E-state index in [2.05, 4.69) is 10.3 Å². The largest absolute Gasteiger partial charge is 0.319 e. The Labute approximate surface area is 123 Å². The lowest BCUT2D eigenvalue weighted by molar-refractivity contribution is 0.102. The monoisotopic (exact) mass is 279 g/mol. The van der Waals surface area contributed by atoms with Crippen LogP contribution >= 0.6 is 0 Å². The van der Waals surface area contributed by atoms with Crippen LogP contribution < -0.4 is 5.32 Å². The number of benzene rings is 1. The second-order valence-corrected chi connectivity index (χ2v) is 5.22. The van der Waals surface area contributed by atoms with Gasteiger partial charge in [-0.25, -0.2) is 4.98 Å². The van der Waals surface area contributed by atoms with E-state index in [0.29, 0.717) is 5.56 Å². The van der Waals surface area contributed by atoms with Gasteiger partial charge in [-0.3, -0.25) is 4.79 Å². The lowest BCUT2D eigenvalue weighted by Gasteiger charge is -2.07. The highest BCUT2D eigenvalue weighted by Crippen LogP contribution is 2.20. The fourth-order valence-corrected chi connectivity index (χ4v) is 2.38. The van der Waals surface area contributed by atoms with Crippen LogP contribution in [0.3, 0.4) is 0 Å². The number of nitrogens with zero attached hydrogens (tertiary/aromatic N) is 2. The summed E-state index contributed by atoms with van der Waals surface area (Å²) in [4.78, 5) is 16.9. The third kappa shape index (κ3) is 2.40. The van der Waals surface area contributed by atoms with Crippen LogP contribution in [0.4, 0.5) is 5.69 Å². The fourth-order valence-electron chi connectivity index (χ4n) is 2.38. The summed E-state index contributed by atoms with van der Waals surface area (Å²) in [7, 11) is 0. The molecule has 0 radical (unpaired) electrons. The summed E-state index contributed by atoms with van der Waals surface area (Å²) >= 11 is 0. The molecule has 0 aliphatic heterocycles. The zero-order chi connectivity index (χ0) is 15.0. The summed E-state index contributed by atoms with van der Waals surface area (Å²) in [5.74, 6) is -0.120. The first kappa shape index (κ1) is 13.4. The lowest BCUT2D eigenvalue weighted by atomic mass is 10.1. The van der Waals surface area contributed by atoms with E-state index in [1.165, 1.54) is 0 Å². The fraction of sp³-hybridized carbons (Fsp3) is 0.176. The molecule has 0 aliphatic carbocycles. The number of hydrogen-bond donors (Lipinski definition) is 1. The van der Waals surface area contributed by atoms with Crippen molar-refractivity contribution >= 4 is 17.2 Å². The van der Waals surface area contributed by atoms with Crippen molar-refractivity contribution in [3.05, 3.63) is 65.1 Å². The van der Waals surface area contributed by atoms with Gasteiger partial charge in [0.15, 0.2) is 5.65 Å². The molecular formula is C17H17N3O. The number of imidazole rings is 1. The molecule has 0 atom stereocenters. The molecular weight excluding hydrogens is 262 g/mol. The van der Waals surface area contributed by atoms with Crippen LogP contribution in [-0.4, -0.2) is 15.3 Å². The first-order valence-corrected chi connectivity index (χ1v) is 6.88. The van der Waals surface area contributed by atoms with Gasteiger partial charge in [0.05, 0.1) is 11.4 Å². The van der Waals surface area contributed by atoms with E-state index >= 15 is 0 Å². The molecule has 2 aromatic heterocycles. The molecule has 0 fully saturated rings. The van der Waals surface area contributed by atoms with Crippen LogP contribution in [0.25, 0.3) is 5.65 Å². The molecule has 3 rings (SSSR count). The molecule has 21 heavy (non-hydrogen) atoms. The first-order valence-electron chi connectivity index (χ1n) is 6.88. The highest BCUT2D eigenvalue weighted by atomic mass is 16.1. The molecule has 1 N–H and O–H groups in total. The van der Waals surface area contributed by atoms with Crippen LogP contribution in [0, 0.1) is 20.8 Å². The first-order chi connectivity index (χ1) is 10.1. The molecule has 0 saturated carbocycles. The molecule has 0 bridgehead atoms. The zero-order valence-electron chi connectivity index (χ0n) is 12.3. The average Bonchev–Trinajstić information content (AvgIpc) is 2.76. The van der Waals surface area contributed by atoms with Crippen LogP contribution in [0.2, 0.25) is 0 Å².